The summed E-state index contributed by atoms with van der Waals surface area (Å²) in [4.78, 5) is 4.20. The van der Waals surface area contributed by atoms with E-state index in [2.05, 4.69) is 25.5 Å². The maximum atomic E-state index is 14.4. The van der Waals surface area contributed by atoms with Crippen molar-refractivity contribution in [2.75, 3.05) is 0 Å². The van der Waals surface area contributed by atoms with Crippen molar-refractivity contribution in [1.29, 1.82) is 0 Å². The van der Waals surface area contributed by atoms with Crippen LogP contribution in [0.4, 0.5) is 8.78 Å². The molecule has 3 heterocycles. The average molecular weight is 443 g/mol. The molecule has 2 N–H and O–H groups in total. The monoisotopic (exact) mass is 442 g/mol. The van der Waals surface area contributed by atoms with Gasteiger partial charge in [-0.1, -0.05) is 35.0 Å². The Morgan fingerprint density at radius 3 is 2.71 bits per heavy atom. The Bertz CT molecular complexity index is 1230. The summed E-state index contributed by atoms with van der Waals surface area (Å²) in [5.74, 6) is -3.15. The highest BCUT2D eigenvalue weighted by Crippen LogP contribution is 2.34. The fraction of sp³-hybridized carbons (Fsp3) is 0.143. The number of alkyl halides is 2. The lowest BCUT2D eigenvalue weighted by Crippen LogP contribution is -2.11. The lowest BCUT2D eigenvalue weighted by molar-refractivity contribution is 0.0476. The molecule has 4 aromatic rings. The van der Waals surface area contributed by atoms with Crippen LogP contribution in [0.15, 0.2) is 60.8 Å². The van der Waals surface area contributed by atoms with Gasteiger partial charge in [0.15, 0.2) is 5.82 Å². The van der Waals surface area contributed by atoms with Crippen molar-refractivity contribution >= 4 is 11.6 Å². The Hall–Kier alpha value is -3.59. The van der Waals surface area contributed by atoms with E-state index in [1.807, 2.05) is 12.1 Å². The number of rotatable bonds is 6. The number of hydrogen-bond donors (Lipinski definition) is 2. The molecule has 0 aliphatic heterocycles. The van der Waals surface area contributed by atoms with Gasteiger partial charge in [0.2, 0.25) is 5.88 Å². The van der Waals surface area contributed by atoms with Crippen LogP contribution in [-0.4, -0.2) is 35.3 Å². The quantitative estimate of drug-likeness (QED) is 0.423. The summed E-state index contributed by atoms with van der Waals surface area (Å²) in [5, 5.41) is 25.0. The van der Waals surface area contributed by atoms with Crippen molar-refractivity contribution in [2.45, 2.75) is 19.3 Å². The zero-order chi connectivity index (χ0) is 22.0. The van der Waals surface area contributed by atoms with Gasteiger partial charge in [-0.15, -0.1) is 5.10 Å². The largest absolute Gasteiger partial charge is 0.493 e. The summed E-state index contributed by atoms with van der Waals surface area (Å²) in [6.07, 6.45) is 3.92. The second kappa shape index (κ2) is 8.27. The number of halogens is 3. The molecule has 7 nitrogen and oxygen atoms in total. The van der Waals surface area contributed by atoms with Gasteiger partial charge in [0.25, 0.3) is 0 Å². The van der Waals surface area contributed by atoms with Gasteiger partial charge in [-0.25, -0.2) is 4.98 Å². The fourth-order valence-corrected chi connectivity index (χ4v) is 3.25. The van der Waals surface area contributed by atoms with Crippen molar-refractivity contribution in [3.05, 3.63) is 82.8 Å². The van der Waals surface area contributed by atoms with Crippen LogP contribution in [0.2, 0.25) is 5.02 Å². The number of hydrogen-bond acceptors (Lipinski definition) is 5. The number of aromatic amines is 1. The maximum Gasteiger partial charge on any atom is 0.309 e. The van der Waals surface area contributed by atoms with E-state index in [9.17, 15) is 13.9 Å². The van der Waals surface area contributed by atoms with Gasteiger partial charge in [0.05, 0.1) is 5.69 Å². The first-order chi connectivity index (χ1) is 14.9. The van der Waals surface area contributed by atoms with Crippen molar-refractivity contribution in [2.24, 2.45) is 0 Å². The number of H-pyrrole nitrogens is 1. The standard InChI is InChI=1S/C21H17ClF2N6O/c1-2-8-21(23,24)20-19(26-29-27-20)14-7-9-25-17(11-14)30-18(31)12-16(28-30)10-13-3-5-15(22)6-4-13/h2-9,11-12,31H,10H2,1H3,(H,26,27,29)/b8-2+. The highest BCUT2D eigenvalue weighted by atomic mass is 35.5. The van der Waals surface area contributed by atoms with Gasteiger partial charge in [-0.3, -0.25) is 5.10 Å². The highest BCUT2D eigenvalue weighted by Gasteiger charge is 2.34. The molecule has 0 aliphatic rings. The molecule has 0 bridgehead atoms. The van der Waals surface area contributed by atoms with E-state index in [1.165, 1.54) is 42.1 Å². The summed E-state index contributed by atoms with van der Waals surface area (Å²) in [6.45, 7) is 1.50. The number of aromatic hydroxyl groups is 1. The lowest BCUT2D eigenvalue weighted by atomic mass is 10.1. The molecular formula is C21H17ClF2N6O. The predicted molar refractivity (Wildman–Crippen MR) is 111 cm³/mol. The Morgan fingerprint density at radius 1 is 1.19 bits per heavy atom. The molecule has 0 saturated carbocycles. The third-order valence-electron chi connectivity index (χ3n) is 4.53. The van der Waals surface area contributed by atoms with Crippen LogP contribution < -0.4 is 0 Å². The molecule has 1 aromatic carbocycles. The second-order valence-electron chi connectivity index (χ2n) is 6.77. The van der Waals surface area contributed by atoms with Gasteiger partial charge in [0, 0.05) is 29.3 Å². The number of nitrogens with zero attached hydrogens (tertiary/aromatic N) is 5. The zero-order valence-corrected chi connectivity index (χ0v) is 17.1. The molecule has 0 saturated heterocycles. The van der Waals surface area contributed by atoms with Gasteiger partial charge >= 0.3 is 5.92 Å². The molecule has 0 atom stereocenters. The van der Waals surface area contributed by atoms with Crippen molar-refractivity contribution < 1.29 is 13.9 Å². The van der Waals surface area contributed by atoms with E-state index in [0.29, 0.717) is 22.7 Å². The maximum absolute atomic E-state index is 14.4. The normalized spacial score (nSPS) is 12.0. The van der Waals surface area contributed by atoms with Crippen molar-refractivity contribution in [3.8, 4) is 23.0 Å². The number of aromatic nitrogens is 6. The smallest absolute Gasteiger partial charge is 0.309 e. The molecule has 0 radical (unpaired) electrons. The first-order valence-corrected chi connectivity index (χ1v) is 9.67. The van der Waals surface area contributed by atoms with Crippen LogP contribution in [-0.2, 0) is 12.3 Å². The average Bonchev–Trinajstić information content (AvgIpc) is 3.37. The molecule has 31 heavy (non-hydrogen) atoms. The molecule has 3 aromatic heterocycles. The molecule has 0 spiro atoms. The second-order valence-corrected chi connectivity index (χ2v) is 7.21. The topological polar surface area (TPSA) is 92.5 Å². The van der Waals surface area contributed by atoms with Gasteiger partial charge in [-0.05, 0) is 42.8 Å². The predicted octanol–water partition coefficient (Wildman–Crippen LogP) is 4.67. The number of pyridine rings is 1. The van der Waals surface area contributed by atoms with E-state index in [0.717, 1.165) is 11.6 Å². The first-order valence-electron chi connectivity index (χ1n) is 9.29. The summed E-state index contributed by atoms with van der Waals surface area (Å²) >= 11 is 5.91. The summed E-state index contributed by atoms with van der Waals surface area (Å²) in [6, 6.07) is 11.8. The molecule has 158 valence electrons. The van der Waals surface area contributed by atoms with Gasteiger partial charge < -0.3 is 5.11 Å². The van der Waals surface area contributed by atoms with Crippen molar-refractivity contribution in [3.63, 3.8) is 0 Å². The molecular weight excluding hydrogens is 426 g/mol. The zero-order valence-electron chi connectivity index (χ0n) is 16.3. The van der Waals surface area contributed by atoms with E-state index < -0.39 is 11.6 Å². The minimum atomic E-state index is -3.27. The fourth-order valence-electron chi connectivity index (χ4n) is 3.12. The summed E-state index contributed by atoms with van der Waals surface area (Å²) < 4.78 is 30.0. The Morgan fingerprint density at radius 2 is 1.97 bits per heavy atom. The van der Waals surface area contributed by atoms with Crippen LogP contribution in [0.25, 0.3) is 17.1 Å². The minimum Gasteiger partial charge on any atom is -0.493 e. The van der Waals surface area contributed by atoms with Crippen LogP contribution in [0.5, 0.6) is 5.88 Å². The van der Waals surface area contributed by atoms with Gasteiger partial charge in [-0.2, -0.15) is 18.6 Å². The number of benzene rings is 1. The van der Waals surface area contributed by atoms with Gasteiger partial charge in [0.1, 0.15) is 11.4 Å². The summed E-state index contributed by atoms with van der Waals surface area (Å²) in [7, 11) is 0. The molecule has 4 rings (SSSR count). The summed E-state index contributed by atoms with van der Waals surface area (Å²) in [5.41, 5.74) is 1.48. The molecule has 0 aliphatic carbocycles. The number of nitrogens with one attached hydrogen (secondary N) is 1. The third kappa shape index (κ3) is 4.31. The Labute approximate surface area is 181 Å². The van der Waals surface area contributed by atoms with Crippen LogP contribution in [0.3, 0.4) is 0 Å². The first kappa shape index (κ1) is 20.7. The van der Waals surface area contributed by atoms with Crippen molar-refractivity contribution in [1.82, 2.24) is 30.2 Å². The molecule has 0 unspecified atom stereocenters. The van der Waals surface area contributed by atoms with Crippen LogP contribution in [0.1, 0.15) is 23.9 Å². The van der Waals surface area contributed by atoms with E-state index in [1.54, 1.807) is 12.1 Å². The van der Waals surface area contributed by atoms with Crippen LogP contribution in [0, 0.1) is 0 Å². The third-order valence-corrected chi connectivity index (χ3v) is 4.79. The Kier molecular flexibility index (Phi) is 5.51. The molecule has 0 fully saturated rings. The molecule has 0 amide bonds. The lowest BCUT2D eigenvalue weighted by Gasteiger charge is -2.11. The van der Waals surface area contributed by atoms with E-state index >= 15 is 0 Å². The van der Waals surface area contributed by atoms with Crippen LogP contribution >= 0.6 is 11.6 Å². The Balaban J connectivity index is 1.67. The van der Waals surface area contributed by atoms with E-state index in [-0.39, 0.29) is 17.4 Å². The minimum absolute atomic E-state index is 0.0141. The highest BCUT2D eigenvalue weighted by molar-refractivity contribution is 6.30. The number of allylic oxidation sites excluding steroid dienone is 2. The van der Waals surface area contributed by atoms with E-state index in [4.69, 9.17) is 11.6 Å². The SMILES string of the molecule is C/C=C/C(F)(F)c1[nH]nnc1-c1ccnc(-n2nc(Cc3ccc(Cl)cc3)cc2O)c1. The molecule has 10 heteroatoms.